The van der Waals surface area contributed by atoms with E-state index in [-0.39, 0.29) is 35.2 Å². The molecule has 2 heterocycles. The van der Waals surface area contributed by atoms with Gasteiger partial charge in [-0.3, -0.25) is 19.3 Å². The van der Waals surface area contributed by atoms with E-state index in [1.807, 2.05) is 36.4 Å². The Balaban J connectivity index is 1.04. The van der Waals surface area contributed by atoms with Crippen LogP contribution in [-0.2, 0) is 16.0 Å². The maximum atomic E-state index is 13.4. The van der Waals surface area contributed by atoms with Gasteiger partial charge in [0.15, 0.2) is 5.78 Å². The van der Waals surface area contributed by atoms with Crippen LogP contribution in [0.5, 0.6) is 0 Å². The van der Waals surface area contributed by atoms with Gasteiger partial charge in [-0.15, -0.1) is 5.10 Å². The topological polar surface area (TPSA) is 98.1 Å². The molecule has 1 aliphatic carbocycles. The molecule has 1 saturated heterocycles. The standard InChI is InChI=1S/C36H47N5O3S/c1-2-3-4-5-6-7-8-9-10-11-12-13-14-16-19-28-25-33(42)40(35(28)44)30-23-22-27-24-32(34(43)31(27)26-30)45-36-37-38-39-41(36)29-20-17-15-18-21-29/h15,17-18,20-23,26,28,32H,2-14,16,19,24-25H2,1H3. The molecule has 0 bridgehead atoms. The van der Waals surface area contributed by atoms with E-state index in [0.29, 0.717) is 22.8 Å². The lowest BCUT2D eigenvalue weighted by atomic mass is 9.98. The number of amides is 2. The summed E-state index contributed by atoms with van der Waals surface area (Å²) in [7, 11) is 0. The fourth-order valence-electron chi connectivity index (χ4n) is 6.56. The molecule has 0 saturated carbocycles. The summed E-state index contributed by atoms with van der Waals surface area (Å²) in [5, 5.41) is 12.2. The van der Waals surface area contributed by atoms with Crippen LogP contribution in [-0.4, -0.2) is 43.1 Å². The predicted octanol–water partition coefficient (Wildman–Crippen LogP) is 8.31. The number of hydrogen-bond acceptors (Lipinski definition) is 7. The number of tetrazole rings is 1. The number of rotatable bonds is 19. The van der Waals surface area contributed by atoms with Gasteiger partial charge in [-0.05, 0) is 53.1 Å². The highest BCUT2D eigenvalue weighted by Crippen LogP contribution is 2.37. The van der Waals surface area contributed by atoms with Crippen LogP contribution in [0.15, 0.2) is 53.7 Å². The summed E-state index contributed by atoms with van der Waals surface area (Å²) >= 11 is 1.34. The monoisotopic (exact) mass is 629 g/mol. The van der Waals surface area contributed by atoms with Crippen molar-refractivity contribution in [3.63, 3.8) is 0 Å². The molecule has 0 spiro atoms. The lowest BCUT2D eigenvalue weighted by Crippen LogP contribution is -2.30. The van der Waals surface area contributed by atoms with E-state index in [1.54, 1.807) is 16.8 Å². The Kier molecular flexibility index (Phi) is 12.4. The molecule has 2 unspecified atom stereocenters. The van der Waals surface area contributed by atoms with Crippen molar-refractivity contribution in [2.75, 3.05) is 4.90 Å². The Labute approximate surface area is 271 Å². The van der Waals surface area contributed by atoms with Gasteiger partial charge in [-0.2, -0.15) is 4.68 Å². The van der Waals surface area contributed by atoms with Crippen molar-refractivity contribution < 1.29 is 14.4 Å². The molecule has 2 aromatic carbocycles. The van der Waals surface area contributed by atoms with Gasteiger partial charge in [0.2, 0.25) is 17.0 Å². The molecule has 1 aromatic heterocycles. The first-order chi connectivity index (χ1) is 22.1. The summed E-state index contributed by atoms with van der Waals surface area (Å²) in [6.07, 6.45) is 19.7. The van der Waals surface area contributed by atoms with Crippen molar-refractivity contribution in [2.24, 2.45) is 5.92 Å². The number of aromatic nitrogens is 4. The number of para-hydroxylation sites is 1. The molecule has 2 atom stereocenters. The SMILES string of the molecule is CCCCCCCCCCCCCCCCC1CC(=O)N(c2ccc3c(c2)C(=O)C(Sc2nnnn2-c2ccccc2)C3)C1=O. The van der Waals surface area contributed by atoms with Crippen molar-refractivity contribution in [1.82, 2.24) is 20.2 Å². The minimum absolute atomic E-state index is 0.0301. The van der Waals surface area contributed by atoms with Crippen molar-refractivity contribution in [2.45, 2.75) is 126 Å². The van der Waals surface area contributed by atoms with E-state index < -0.39 is 0 Å². The Morgan fingerprint density at radius 2 is 1.40 bits per heavy atom. The van der Waals surface area contributed by atoms with E-state index in [1.165, 1.54) is 93.7 Å². The lowest BCUT2D eigenvalue weighted by Gasteiger charge is -2.16. The van der Waals surface area contributed by atoms with Crippen molar-refractivity contribution >= 4 is 35.0 Å². The number of Topliss-reactive ketones (excluding diaryl/α,β-unsaturated/α-hetero) is 1. The summed E-state index contributed by atoms with van der Waals surface area (Å²) in [5.74, 6) is -0.599. The normalized spacial score (nSPS) is 17.9. The third-order valence-electron chi connectivity index (χ3n) is 9.15. The third-order valence-corrected chi connectivity index (χ3v) is 10.3. The van der Waals surface area contributed by atoms with Gasteiger partial charge in [0.25, 0.3) is 0 Å². The molecular formula is C36H47N5O3S. The summed E-state index contributed by atoms with van der Waals surface area (Å²) in [6.45, 7) is 2.27. The van der Waals surface area contributed by atoms with E-state index in [9.17, 15) is 14.4 Å². The molecular weight excluding hydrogens is 582 g/mol. The smallest absolute Gasteiger partial charge is 0.237 e. The number of imide groups is 1. The Morgan fingerprint density at radius 3 is 2.07 bits per heavy atom. The quantitative estimate of drug-likeness (QED) is 0.0971. The second-order valence-electron chi connectivity index (χ2n) is 12.6. The van der Waals surface area contributed by atoms with Crippen LogP contribution in [0.3, 0.4) is 0 Å². The highest BCUT2D eigenvalue weighted by atomic mass is 32.2. The number of benzene rings is 2. The van der Waals surface area contributed by atoms with Crippen LogP contribution in [0.4, 0.5) is 5.69 Å². The number of unbranched alkanes of at least 4 members (excludes halogenated alkanes) is 13. The van der Waals surface area contributed by atoms with Gasteiger partial charge < -0.3 is 0 Å². The Hall–Kier alpha value is -3.33. The van der Waals surface area contributed by atoms with Gasteiger partial charge in [0.1, 0.15) is 0 Å². The summed E-state index contributed by atoms with van der Waals surface area (Å²) < 4.78 is 1.63. The van der Waals surface area contributed by atoms with Gasteiger partial charge in [0, 0.05) is 17.9 Å². The predicted molar refractivity (Wildman–Crippen MR) is 179 cm³/mol. The first kappa shape index (κ1) is 33.0. The maximum absolute atomic E-state index is 13.4. The summed E-state index contributed by atoms with van der Waals surface area (Å²) in [5.41, 5.74) is 2.81. The molecule has 240 valence electrons. The van der Waals surface area contributed by atoms with Gasteiger partial charge >= 0.3 is 0 Å². The number of fused-ring (bicyclic) bond motifs is 1. The average Bonchev–Trinajstić information content (AvgIpc) is 3.73. The minimum atomic E-state index is -0.373. The third kappa shape index (κ3) is 8.69. The molecule has 2 amide bonds. The van der Waals surface area contributed by atoms with E-state index in [0.717, 1.165) is 30.5 Å². The van der Waals surface area contributed by atoms with Gasteiger partial charge in [-0.25, -0.2) is 0 Å². The fraction of sp³-hybridized carbons (Fsp3) is 0.556. The number of nitrogens with zero attached hydrogens (tertiary/aromatic N) is 5. The van der Waals surface area contributed by atoms with Crippen molar-refractivity contribution in [3.8, 4) is 5.69 Å². The highest BCUT2D eigenvalue weighted by Gasteiger charge is 2.40. The molecule has 8 nitrogen and oxygen atoms in total. The zero-order valence-corrected chi connectivity index (χ0v) is 27.5. The first-order valence-corrected chi connectivity index (χ1v) is 18.0. The van der Waals surface area contributed by atoms with Crippen LogP contribution < -0.4 is 4.90 Å². The van der Waals surface area contributed by atoms with E-state index in [4.69, 9.17) is 0 Å². The van der Waals surface area contributed by atoms with Crippen LogP contribution in [0.25, 0.3) is 5.69 Å². The molecule has 45 heavy (non-hydrogen) atoms. The molecule has 3 aromatic rings. The lowest BCUT2D eigenvalue weighted by molar-refractivity contribution is -0.122. The molecule has 1 fully saturated rings. The second kappa shape index (κ2) is 16.8. The zero-order valence-electron chi connectivity index (χ0n) is 26.7. The van der Waals surface area contributed by atoms with Crippen LogP contribution in [0, 0.1) is 5.92 Å². The second-order valence-corrected chi connectivity index (χ2v) is 13.7. The van der Waals surface area contributed by atoms with Gasteiger partial charge in [-0.1, -0.05) is 133 Å². The Morgan fingerprint density at radius 1 is 0.756 bits per heavy atom. The summed E-state index contributed by atoms with van der Waals surface area (Å²) in [4.78, 5) is 41.0. The number of carbonyl (C=O) groups is 3. The Bertz CT molecular complexity index is 1430. The first-order valence-electron chi connectivity index (χ1n) is 17.1. The molecule has 1 aliphatic heterocycles. The molecule has 2 aliphatic rings. The number of anilines is 1. The van der Waals surface area contributed by atoms with E-state index in [2.05, 4.69) is 22.4 Å². The summed E-state index contributed by atoms with van der Waals surface area (Å²) in [6, 6.07) is 15.0. The largest absolute Gasteiger partial charge is 0.293 e. The van der Waals surface area contributed by atoms with Crippen LogP contribution in [0.2, 0.25) is 0 Å². The van der Waals surface area contributed by atoms with Gasteiger partial charge in [0.05, 0.1) is 16.6 Å². The highest BCUT2D eigenvalue weighted by molar-refractivity contribution is 8.00. The minimum Gasteiger partial charge on any atom is -0.293 e. The van der Waals surface area contributed by atoms with Crippen molar-refractivity contribution in [3.05, 3.63) is 59.7 Å². The maximum Gasteiger partial charge on any atom is 0.237 e. The number of thioether (sulfide) groups is 1. The molecule has 0 N–H and O–H groups in total. The van der Waals surface area contributed by atoms with Crippen molar-refractivity contribution in [1.29, 1.82) is 0 Å². The molecule has 5 rings (SSSR count). The average molecular weight is 630 g/mol. The number of carbonyl (C=O) groups excluding carboxylic acids is 3. The van der Waals surface area contributed by atoms with Crippen LogP contribution in [0.1, 0.15) is 126 Å². The zero-order chi connectivity index (χ0) is 31.4. The van der Waals surface area contributed by atoms with Crippen LogP contribution >= 0.6 is 11.8 Å². The number of hydrogen-bond donors (Lipinski definition) is 0. The fourth-order valence-corrected chi connectivity index (χ4v) is 7.64. The number of ketones is 1. The van der Waals surface area contributed by atoms with E-state index >= 15 is 0 Å². The molecule has 0 radical (unpaired) electrons. The molecule has 9 heteroatoms.